The summed E-state index contributed by atoms with van der Waals surface area (Å²) in [6.45, 7) is 10.8. The molecule has 1 unspecified atom stereocenters. The van der Waals surface area contributed by atoms with E-state index in [1.165, 1.54) is 5.56 Å². The summed E-state index contributed by atoms with van der Waals surface area (Å²) in [7, 11) is 0. The molecule has 1 aliphatic rings. The smallest absolute Gasteiger partial charge is 0.0794 e. The molecule has 1 aromatic carbocycles. The molecule has 2 rings (SSSR count). The Labute approximate surface area is 133 Å². The van der Waals surface area contributed by atoms with Crippen LogP contribution in [0.15, 0.2) is 18.2 Å². The lowest BCUT2D eigenvalue weighted by atomic mass is 9.94. The van der Waals surface area contributed by atoms with E-state index in [0.29, 0.717) is 6.54 Å². The quantitative estimate of drug-likeness (QED) is 0.896. The van der Waals surface area contributed by atoms with Gasteiger partial charge in [0.25, 0.3) is 0 Å². The maximum Gasteiger partial charge on any atom is 0.0794 e. The fourth-order valence-corrected chi connectivity index (χ4v) is 3.03. The molecule has 0 aromatic heterocycles. The second-order valence-electron chi connectivity index (χ2n) is 7.41. The standard InChI is InChI=1S/C17H27ClN2O/c1-16(2,3)19-11-13-6-7-15(14(18)10-13)20-9-5-8-17(4,21)12-20/h6-7,10,19,21H,5,8-9,11-12H2,1-4H3. The van der Waals surface area contributed by atoms with Gasteiger partial charge in [-0.1, -0.05) is 17.7 Å². The Morgan fingerprint density at radius 2 is 2.10 bits per heavy atom. The first-order chi connectivity index (χ1) is 9.66. The van der Waals surface area contributed by atoms with Gasteiger partial charge in [-0.3, -0.25) is 0 Å². The SMILES string of the molecule is CC1(O)CCCN(c2ccc(CNC(C)(C)C)cc2Cl)C1. The van der Waals surface area contributed by atoms with Gasteiger partial charge in [-0.15, -0.1) is 0 Å². The maximum absolute atomic E-state index is 10.2. The average Bonchev–Trinajstić information content (AvgIpc) is 2.34. The zero-order chi connectivity index (χ0) is 15.7. The Balaban J connectivity index is 2.09. The molecule has 21 heavy (non-hydrogen) atoms. The molecule has 0 aliphatic carbocycles. The van der Waals surface area contributed by atoms with Crippen molar-refractivity contribution in [3.63, 3.8) is 0 Å². The number of aliphatic hydroxyl groups is 1. The van der Waals surface area contributed by atoms with Gasteiger partial charge < -0.3 is 15.3 Å². The fourth-order valence-electron chi connectivity index (χ4n) is 2.71. The molecule has 2 N–H and O–H groups in total. The lowest BCUT2D eigenvalue weighted by Gasteiger charge is -2.38. The zero-order valence-electron chi connectivity index (χ0n) is 13.5. The fraction of sp³-hybridized carbons (Fsp3) is 0.647. The van der Waals surface area contributed by atoms with Crippen LogP contribution in [-0.4, -0.2) is 29.3 Å². The summed E-state index contributed by atoms with van der Waals surface area (Å²) in [5.74, 6) is 0. The van der Waals surface area contributed by atoms with Crippen LogP contribution in [-0.2, 0) is 6.54 Å². The van der Waals surface area contributed by atoms with Crippen LogP contribution < -0.4 is 10.2 Å². The second kappa shape index (κ2) is 6.15. The van der Waals surface area contributed by atoms with E-state index in [2.05, 4.69) is 43.1 Å². The number of nitrogens with one attached hydrogen (secondary N) is 1. The van der Waals surface area contributed by atoms with Crippen molar-refractivity contribution in [3.8, 4) is 0 Å². The average molecular weight is 311 g/mol. The Morgan fingerprint density at radius 3 is 2.67 bits per heavy atom. The molecule has 0 spiro atoms. The minimum Gasteiger partial charge on any atom is -0.388 e. The summed E-state index contributed by atoms with van der Waals surface area (Å²) in [5, 5.41) is 14.5. The number of rotatable bonds is 3. The van der Waals surface area contributed by atoms with E-state index in [1.807, 2.05) is 13.0 Å². The highest BCUT2D eigenvalue weighted by Crippen LogP contribution is 2.31. The van der Waals surface area contributed by atoms with Gasteiger partial charge >= 0.3 is 0 Å². The van der Waals surface area contributed by atoms with Crippen molar-refractivity contribution in [1.82, 2.24) is 5.32 Å². The third-order valence-corrected chi connectivity index (χ3v) is 4.15. The third kappa shape index (κ3) is 4.87. The van der Waals surface area contributed by atoms with Crippen LogP contribution in [0.1, 0.15) is 46.1 Å². The molecule has 0 radical (unpaired) electrons. The predicted octanol–water partition coefficient (Wildman–Crippen LogP) is 3.58. The van der Waals surface area contributed by atoms with Crippen molar-refractivity contribution in [2.24, 2.45) is 0 Å². The summed E-state index contributed by atoms with van der Waals surface area (Å²) in [6.07, 6.45) is 1.85. The number of hydrogen-bond donors (Lipinski definition) is 2. The number of hydrogen-bond acceptors (Lipinski definition) is 3. The van der Waals surface area contributed by atoms with Crippen LogP contribution in [0.25, 0.3) is 0 Å². The molecule has 1 saturated heterocycles. The normalized spacial score (nSPS) is 23.4. The number of anilines is 1. The molecule has 4 heteroatoms. The Bertz CT molecular complexity index is 494. The molecule has 0 saturated carbocycles. The Kier molecular flexibility index (Phi) is 4.86. The first-order valence-electron chi connectivity index (χ1n) is 7.67. The van der Waals surface area contributed by atoms with Crippen molar-refractivity contribution in [2.75, 3.05) is 18.0 Å². The molecule has 3 nitrogen and oxygen atoms in total. The summed E-state index contributed by atoms with van der Waals surface area (Å²) in [5.41, 5.74) is 1.68. The molecule has 118 valence electrons. The van der Waals surface area contributed by atoms with Crippen molar-refractivity contribution in [2.45, 2.75) is 58.2 Å². The second-order valence-corrected chi connectivity index (χ2v) is 7.82. The van der Waals surface area contributed by atoms with Crippen LogP contribution in [0.4, 0.5) is 5.69 Å². The van der Waals surface area contributed by atoms with Gasteiger partial charge in [-0.05, 0) is 58.2 Å². The van der Waals surface area contributed by atoms with Gasteiger partial charge in [0.15, 0.2) is 0 Å². The minimum absolute atomic E-state index is 0.0940. The summed E-state index contributed by atoms with van der Waals surface area (Å²) in [6, 6.07) is 6.21. The monoisotopic (exact) mass is 310 g/mol. The van der Waals surface area contributed by atoms with Crippen LogP contribution in [0.2, 0.25) is 5.02 Å². The molecular formula is C17H27ClN2O. The van der Waals surface area contributed by atoms with E-state index in [1.54, 1.807) is 0 Å². The first-order valence-corrected chi connectivity index (χ1v) is 8.05. The third-order valence-electron chi connectivity index (χ3n) is 3.85. The number of piperidine rings is 1. The van der Waals surface area contributed by atoms with E-state index in [-0.39, 0.29) is 5.54 Å². The van der Waals surface area contributed by atoms with Crippen LogP contribution >= 0.6 is 11.6 Å². The lowest BCUT2D eigenvalue weighted by Crippen LogP contribution is -2.46. The summed E-state index contributed by atoms with van der Waals surface area (Å²) < 4.78 is 0. The maximum atomic E-state index is 10.2. The van der Waals surface area contributed by atoms with E-state index in [9.17, 15) is 5.11 Å². The number of β-amino-alcohol motifs (C(OH)–C–C–N with tert-alkyl or cyclic N) is 1. The van der Waals surface area contributed by atoms with Crippen LogP contribution in [0.5, 0.6) is 0 Å². The van der Waals surface area contributed by atoms with Crippen LogP contribution in [0.3, 0.4) is 0 Å². The summed E-state index contributed by atoms with van der Waals surface area (Å²) >= 11 is 6.45. The van der Waals surface area contributed by atoms with E-state index in [0.717, 1.165) is 36.6 Å². The minimum atomic E-state index is -0.617. The molecular weight excluding hydrogens is 284 g/mol. The summed E-state index contributed by atoms with van der Waals surface area (Å²) in [4.78, 5) is 2.19. The molecule has 0 amide bonds. The Morgan fingerprint density at radius 1 is 1.38 bits per heavy atom. The van der Waals surface area contributed by atoms with Gasteiger partial charge in [-0.2, -0.15) is 0 Å². The molecule has 1 heterocycles. The Hall–Kier alpha value is -0.770. The van der Waals surface area contributed by atoms with Crippen molar-refractivity contribution >= 4 is 17.3 Å². The van der Waals surface area contributed by atoms with Gasteiger partial charge in [0.2, 0.25) is 0 Å². The number of benzene rings is 1. The van der Waals surface area contributed by atoms with Gasteiger partial charge in [0.05, 0.1) is 16.3 Å². The first kappa shape index (κ1) is 16.6. The molecule has 1 fully saturated rings. The largest absolute Gasteiger partial charge is 0.388 e. The molecule has 1 aromatic rings. The van der Waals surface area contributed by atoms with Crippen molar-refractivity contribution < 1.29 is 5.11 Å². The van der Waals surface area contributed by atoms with Gasteiger partial charge in [0.1, 0.15) is 0 Å². The van der Waals surface area contributed by atoms with E-state index >= 15 is 0 Å². The van der Waals surface area contributed by atoms with Gasteiger partial charge in [-0.25, -0.2) is 0 Å². The molecule has 1 aliphatic heterocycles. The van der Waals surface area contributed by atoms with Crippen molar-refractivity contribution in [3.05, 3.63) is 28.8 Å². The van der Waals surface area contributed by atoms with E-state index < -0.39 is 5.60 Å². The number of nitrogens with zero attached hydrogens (tertiary/aromatic N) is 1. The zero-order valence-corrected chi connectivity index (χ0v) is 14.3. The molecule has 0 bridgehead atoms. The van der Waals surface area contributed by atoms with Gasteiger partial charge in [0, 0.05) is 25.2 Å². The molecule has 1 atom stereocenters. The van der Waals surface area contributed by atoms with Crippen molar-refractivity contribution in [1.29, 1.82) is 0 Å². The van der Waals surface area contributed by atoms with E-state index in [4.69, 9.17) is 11.6 Å². The van der Waals surface area contributed by atoms with Crippen LogP contribution in [0, 0.1) is 0 Å². The highest BCUT2D eigenvalue weighted by atomic mass is 35.5. The topological polar surface area (TPSA) is 35.5 Å². The lowest BCUT2D eigenvalue weighted by molar-refractivity contribution is 0.0449. The number of halogens is 1. The highest BCUT2D eigenvalue weighted by Gasteiger charge is 2.29. The highest BCUT2D eigenvalue weighted by molar-refractivity contribution is 6.33. The predicted molar refractivity (Wildman–Crippen MR) is 90.1 cm³/mol.